The predicted octanol–water partition coefficient (Wildman–Crippen LogP) is 1.92. The summed E-state index contributed by atoms with van der Waals surface area (Å²) in [4.78, 5) is 2.00. The summed E-state index contributed by atoms with van der Waals surface area (Å²) < 4.78 is 36.9. The lowest BCUT2D eigenvalue weighted by atomic mass is 9.90. The van der Waals surface area contributed by atoms with Gasteiger partial charge in [0.25, 0.3) is 0 Å². The number of aliphatic hydroxyl groups excluding tert-OH is 1. The van der Waals surface area contributed by atoms with Crippen LogP contribution in [0.2, 0.25) is 0 Å². The average molecular weight is 250 g/mol. The lowest BCUT2D eigenvalue weighted by molar-refractivity contribution is -0.223. The maximum atomic E-state index is 12.3. The Morgan fingerprint density at radius 3 is 2.35 bits per heavy atom. The molecule has 3 nitrogen and oxygen atoms in total. The number of hydrogen-bond donors (Lipinski definition) is 1. The fourth-order valence-electron chi connectivity index (χ4n) is 2.20. The van der Waals surface area contributed by atoms with Crippen LogP contribution in [0.15, 0.2) is 0 Å². The molecule has 0 spiro atoms. The summed E-state index contributed by atoms with van der Waals surface area (Å²) >= 11 is 0. The molecule has 0 aromatic heterocycles. The molecule has 0 aromatic rings. The first-order chi connectivity index (χ1) is 7.86. The Hall–Kier alpha value is -0.800. The van der Waals surface area contributed by atoms with Crippen molar-refractivity contribution in [2.24, 2.45) is 5.92 Å². The average Bonchev–Trinajstić information content (AvgIpc) is 2.27. The lowest BCUT2D eigenvalue weighted by Gasteiger charge is -2.37. The number of nitriles is 1. The fraction of sp³-hybridized carbons (Fsp3) is 0.909. The summed E-state index contributed by atoms with van der Waals surface area (Å²) in [5, 5.41) is 17.7. The first-order valence-electron chi connectivity index (χ1n) is 5.72. The molecule has 1 aliphatic heterocycles. The maximum absolute atomic E-state index is 12.3. The van der Waals surface area contributed by atoms with E-state index in [0.717, 1.165) is 0 Å². The van der Waals surface area contributed by atoms with Crippen LogP contribution in [0.1, 0.15) is 26.2 Å². The van der Waals surface area contributed by atoms with Crippen molar-refractivity contribution in [3.05, 3.63) is 0 Å². The van der Waals surface area contributed by atoms with Gasteiger partial charge in [0.2, 0.25) is 0 Å². The smallest absolute Gasteiger partial charge is 0.383 e. The van der Waals surface area contributed by atoms with Crippen LogP contribution in [0.4, 0.5) is 13.2 Å². The quantitative estimate of drug-likeness (QED) is 0.832. The number of hydrogen-bond acceptors (Lipinski definition) is 3. The zero-order chi connectivity index (χ0) is 13.1. The number of piperidine rings is 1. The highest BCUT2D eigenvalue weighted by molar-refractivity contribution is 4.86. The van der Waals surface area contributed by atoms with E-state index in [1.165, 1.54) is 0 Å². The van der Waals surface area contributed by atoms with E-state index < -0.39 is 18.2 Å². The van der Waals surface area contributed by atoms with Crippen molar-refractivity contribution in [3.63, 3.8) is 0 Å². The van der Waals surface area contributed by atoms with E-state index >= 15 is 0 Å². The number of likely N-dealkylation sites (tertiary alicyclic amines) is 1. The summed E-state index contributed by atoms with van der Waals surface area (Å²) in [6, 6.07) is 2.13. The van der Waals surface area contributed by atoms with Crippen LogP contribution < -0.4 is 0 Å². The van der Waals surface area contributed by atoms with E-state index in [4.69, 9.17) is 10.4 Å². The molecule has 0 aromatic carbocycles. The number of halogens is 3. The minimum absolute atomic E-state index is 0.0731. The molecule has 0 radical (unpaired) electrons. The molecule has 2 unspecified atom stereocenters. The molecule has 0 saturated carbocycles. The molecule has 1 fully saturated rings. The minimum atomic E-state index is -4.52. The van der Waals surface area contributed by atoms with Crippen LogP contribution in [-0.2, 0) is 0 Å². The second kappa shape index (κ2) is 5.69. The van der Waals surface area contributed by atoms with Crippen LogP contribution in [0.3, 0.4) is 0 Å². The first kappa shape index (κ1) is 14.3. The van der Waals surface area contributed by atoms with Gasteiger partial charge in [0, 0.05) is 6.04 Å². The first-order valence-corrected chi connectivity index (χ1v) is 5.72. The molecule has 1 heterocycles. The minimum Gasteiger partial charge on any atom is -0.383 e. The molecular weight excluding hydrogens is 233 g/mol. The molecule has 1 aliphatic rings. The summed E-state index contributed by atoms with van der Waals surface area (Å²) in [5.74, 6) is -0.708. The molecule has 1 N–H and O–H groups in total. The molecule has 17 heavy (non-hydrogen) atoms. The third kappa shape index (κ3) is 3.86. The maximum Gasteiger partial charge on any atom is 0.414 e. The van der Waals surface area contributed by atoms with Gasteiger partial charge in [0.1, 0.15) is 0 Å². The molecule has 0 amide bonds. The van der Waals surface area contributed by atoms with E-state index in [1.54, 1.807) is 0 Å². The molecule has 1 rings (SSSR count). The third-order valence-electron chi connectivity index (χ3n) is 3.37. The van der Waals surface area contributed by atoms with Gasteiger partial charge in [-0.2, -0.15) is 18.4 Å². The molecule has 0 aliphatic carbocycles. The Morgan fingerprint density at radius 1 is 1.41 bits per heavy atom. The SMILES string of the molecule is CC(CC#N)N1CCC(C(O)C(F)(F)F)CC1. The molecule has 0 bridgehead atoms. The Balaban J connectivity index is 2.44. The van der Waals surface area contributed by atoms with Crippen LogP contribution in [-0.4, -0.2) is 41.4 Å². The topological polar surface area (TPSA) is 47.3 Å². The van der Waals surface area contributed by atoms with Gasteiger partial charge < -0.3 is 5.11 Å². The van der Waals surface area contributed by atoms with Gasteiger partial charge in [-0.1, -0.05) is 0 Å². The predicted molar refractivity (Wildman–Crippen MR) is 56.1 cm³/mol. The van der Waals surface area contributed by atoms with Crippen molar-refractivity contribution >= 4 is 0 Å². The number of aliphatic hydroxyl groups is 1. The second-order valence-electron chi connectivity index (χ2n) is 4.57. The molecular formula is C11H17F3N2O. The highest BCUT2D eigenvalue weighted by Gasteiger charge is 2.44. The van der Waals surface area contributed by atoms with Crippen LogP contribution >= 0.6 is 0 Å². The molecule has 98 valence electrons. The van der Waals surface area contributed by atoms with Crippen molar-refractivity contribution in [1.82, 2.24) is 4.90 Å². The van der Waals surface area contributed by atoms with Gasteiger partial charge in [-0.15, -0.1) is 0 Å². The van der Waals surface area contributed by atoms with Gasteiger partial charge in [-0.05, 0) is 38.8 Å². The Kier molecular flexibility index (Phi) is 4.78. The molecule has 6 heteroatoms. The van der Waals surface area contributed by atoms with Gasteiger partial charge in [-0.25, -0.2) is 0 Å². The van der Waals surface area contributed by atoms with Crippen molar-refractivity contribution in [2.75, 3.05) is 13.1 Å². The van der Waals surface area contributed by atoms with Gasteiger partial charge in [0.15, 0.2) is 6.10 Å². The van der Waals surface area contributed by atoms with Gasteiger partial charge >= 0.3 is 6.18 Å². The Bertz CT molecular complexity index is 279. The number of alkyl halides is 3. The summed E-state index contributed by atoms with van der Waals surface area (Å²) in [7, 11) is 0. The highest BCUT2D eigenvalue weighted by atomic mass is 19.4. The third-order valence-corrected chi connectivity index (χ3v) is 3.37. The Morgan fingerprint density at radius 2 is 1.94 bits per heavy atom. The standard InChI is InChI=1S/C11H17F3N2O/c1-8(2-5-15)16-6-3-9(4-7-16)10(17)11(12,13)14/h8-10,17H,2-4,6-7H2,1H3. The van der Waals surface area contributed by atoms with Crippen LogP contribution in [0.25, 0.3) is 0 Å². The van der Waals surface area contributed by atoms with E-state index in [-0.39, 0.29) is 6.04 Å². The van der Waals surface area contributed by atoms with E-state index in [2.05, 4.69) is 6.07 Å². The van der Waals surface area contributed by atoms with Crippen molar-refractivity contribution in [3.8, 4) is 6.07 Å². The summed E-state index contributed by atoms with van der Waals surface area (Å²) in [5.41, 5.74) is 0. The highest BCUT2D eigenvalue weighted by Crippen LogP contribution is 2.32. The Labute approximate surface area is 98.8 Å². The zero-order valence-corrected chi connectivity index (χ0v) is 9.74. The summed E-state index contributed by atoms with van der Waals surface area (Å²) in [6.07, 6.45) is -5.69. The zero-order valence-electron chi connectivity index (χ0n) is 9.74. The largest absolute Gasteiger partial charge is 0.414 e. The van der Waals surface area contributed by atoms with Crippen molar-refractivity contribution in [1.29, 1.82) is 5.26 Å². The monoisotopic (exact) mass is 250 g/mol. The van der Waals surface area contributed by atoms with Crippen molar-refractivity contribution in [2.45, 2.75) is 44.5 Å². The van der Waals surface area contributed by atoms with Crippen molar-refractivity contribution < 1.29 is 18.3 Å². The lowest BCUT2D eigenvalue weighted by Crippen LogP contribution is -2.45. The normalized spacial score (nSPS) is 23.1. The fourth-order valence-corrected chi connectivity index (χ4v) is 2.20. The van der Waals surface area contributed by atoms with Crippen LogP contribution in [0.5, 0.6) is 0 Å². The summed E-state index contributed by atoms with van der Waals surface area (Å²) in [6.45, 7) is 2.92. The van der Waals surface area contributed by atoms with Crippen LogP contribution in [0, 0.1) is 17.2 Å². The van der Waals surface area contributed by atoms with E-state index in [1.807, 2.05) is 11.8 Å². The number of nitrogens with zero attached hydrogens (tertiary/aromatic N) is 2. The van der Waals surface area contributed by atoms with E-state index in [9.17, 15) is 13.2 Å². The molecule has 1 saturated heterocycles. The number of rotatable bonds is 3. The second-order valence-corrected chi connectivity index (χ2v) is 4.57. The van der Waals surface area contributed by atoms with Gasteiger partial charge in [-0.3, -0.25) is 4.90 Å². The van der Waals surface area contributed by atoms with E-state index in [0.29, 0.717) is 32.4 Å². The van der Waals surface area contributed by atoms with Gasteiger partial charge in [0.05, 0.1) is 12.5 Å². The molecule has 2 atom stereocenters.